The Kier molecular flexibility index (Phi) is 19.5. The molecular weight excluding hydrogens is 728 g/mol. The van der Waals surface area contributed by atoms with Crippen LogP contribution in [0.2, 0.25) is 0 Å². The number of esters is 1. The van der Waals surface area contributed by atoms with Crippen molar-refractivity contribution in [2.75, 3.05) is 39.8 Å². The molecule has 5 atom stereocenters. The van der Waals surface area contributed by atoms with Gasteiger partial charge in [-0.1, -0.05) is 65.0 Å². The molecule has 0 radical (unpaired) electrons. The van der Waals surface area contributed by atoms with E-state index in [0.717, 1.165) is 7.11 Å². The lowest BCUT2D eigenvalue weighted by molar-refractivity contribution is -0.144. The maximum absolute atomic E-state index is 13.9. The lowest BCUT2D eigenvalue weighted by Crippen LogP contribution is -2.53. The zero-order chi connectivity index (χ0) is 42.9. The third-order valence-electron chi connectivity index (χ3n) is 9.40. The Balaban J connectivity index is 3.31. The normalized spacial score (nSPS) is 14.9. The summed E-state index contributed by atoms with van der Waals surface area (Å²) < 4.78 is 4.50. The number of aliphatic hydroxyl groups is 1. The largest absolute Gasteiger partial charge is 0.468 e. The van der Waals surface area contributed by atoms with Gasteiger partial charge in [0.15, 0.2) is 5.78 Å². The van der Waals surface area contributed by atoms with Crippen LogP contribution in [0.1, 0.15) is 80.2 Å². The fourth-order valence-corrected chi connectivity index (χ4v) is 6.12. The number of aliphatic hydroxyl groups excluding tert-OH is 1. The summed E-state index contributed by atoms with van der Waals surface area (Å²) in [5.74, 6) is -6.77. The third kappa shape index (κ3) is 16.3. The molecule has 1 rings (SSSR count). The van der Waals surface area contributed by atoms with Gasteiger partial charge in [0, 0.05) is 22.8 Å². The first-order chi connectivity index (χ1) is 26.0. The number of nitrogens with one attached hydrogen (secondary N) is 6. The Morgan fingerprint density at radius 2 is 1.30 bits per heavy atom. The molecule has 0 fully saturated rings. The number of amides is 6. The van der Waals surface area contributed by atoms with Gasteiger partial charge in [-0.3, -0.25) is 43.2 Å². The molecular formula is C39H60N6O11. The van der Waals surface area contributed by atoms with Crippen LogP contribution in [0.25, 0.3) is 0 Å². The van der Waals surface area contributed by atoms with Crippen LogP contribution in [0.3, 0.4) is 0 Å². The van der Waals surface area contributed by atoms with Gasteiger partial charge in [-0.2, -0.15) is 0 Å². The number of carbonyl (C=O) groups is 9. The van der Waals surface area contributed by atoms with Crippen LogP contribution in [0.4, 0.5) is 0 Å². The van der Waals surface area contributed by atoms with Crippen LogP contribution < -0.4 is 31.9 Å². The molecule has 17 nitrogen and oxygen atoms in total. The van der Waals surface area contributed by atoms with Gasteiger partial charge >= 0.3 is 5.97 Å². The highest BCUT2D eigenvalue weighted by atomic mass is 16.5. The zero-order valence-electron chi connectivity index (χ0n) is 34.0. The molecule has 0 spiro atoms. The van der Waals surface area contributed by atoms with E-state index >= 15 is 0 Å². The molecule has 17 heteroatoms. The van der Waals surface area contributed by atoms with Gasteiger partial charge in [0.05, 0.1) is 32.8 Å². The number of ketones is 2. The van der Waals surface area contributed by atoms with Crippen LogP contribution in [0.5, 0.6) is 0 Å². The number of Topliss-reactive ketones (excluding diaryl/α,β-unsaturated/α-hetero) is 2. The second-order valence-electron chi connectivity index (χ2n) is 15.3. The van der Waals surface area contributed by atoms with Crippen molar-refractivity contribution in [1.29, 1.82) is 0 Å². The maximum Gasteiger partial charge on any atom is 0.325 e. The van der Waals surface area contributed by atoms with Crippen molar-refractivity contribution in [1.82, 2.24) is 31.9 Å². The van der Waals surface area contributed by atoms with Crippen LogP contribution in [-0.4, -0.2) is 110 Å². The standard InChI is InChI=1S/C39H60N6O11/c1-10-38(7,35(54)42-18-25(3)47)23-39(8,36(55)44-20-30(49)40-17-24(2)46)22-37(5,6)34(53)43-19-29(48)28(16-27-14-12-11-13-15-27)33(52)45-26(4)32(51)41-21-31(50)56-9/h11-15,25-26,28,47H,10,16-23H2,1-9H3,(H,40,49)(H,41,51)(H,42,54)(H,43,53)(H,44,55)(H,45,52). The maximum atomic E-state index is 13.9. The highest BCUT2D eigenvalue weighted by Gasteiger charge is 2.48. The van der Waals surface area contributed by atoms with Crippen LogP contribution in [-0.2, 0) is 54.3 Å². The monoisotopic (exact) mass is 788 g/mol. The van der Waals surface area contributed by atoms with E-state index in [4.69, 9.17) is 0 Å². The second-order valence-corrected chi connectivity index (χ2v) is 15.3. The predicted molar refractivity (Wildman–Crippen MR) is 205 cm³/mol. The van der Waals surface area contributed by atoms with Gasteiger partial charge in [0.1, 0.15) is 24.3 Å². The smallest absolute Gasteiger partial charge is 0.325 e. The molecule has 1 aromatic rings. The summed E-state index contributed by atoms with van der Waals surface area (Å²) in [6, 6.07) is 7.53. The zero-order valence-corrected chi connectivity index (χ0v) is 34.0. The van der Waals surface area contributed by atoms with Crippen molar-refractivity contribution in [3.8, 4) is 0 Å². The van der Waals surface area contributed by atoms with Crippen LogP contribution in [0, 0.1) is 22.2 Å². The molecule has 5 unspecified atom stereocenters. The number of hydrogen-bond acceptors (Lipinski definition) is 11. The molecule has 0 bridgehead atoms. The lowest BCUT2D eigenvalue weighted by Gasteiger charge is -2.41. The molecule has 1 aromatic carbocycles. The minimum atomic E-state index is -1.46. The van der Waals surface area contributed by atoms with E-state index in [0.29, 0.717) is 5.56 Å². The Labute approximate surface area is 328 Å². The highest BCUT2D eigenvalue weighted by molar-refractivity contribution is 6.05. The van der Waals surface area contributed by atoms with E-state index in [1.165, 1.54) is 20.8 Å². The van der Waals surface area contributed by atoms with E-state index in [9.17, 15) is 48.3 Å². The molecule has 7 N–H and O–H groups in total. The molecule has 0 heterocycles. The molecule has 0 aliphatic heterocycles. The summed E-state index contributed by atoms with van der Waals surface area (Å²) in [6.45, 7) is 10.5. The van der Waals surface area contributed by atoms with Crippen molar-refractivity contribution in [3.05, 3.63) is 35.9 Å². The van der Waals surface area contributed by atoms with E-state index in [2.05, 4.69) is 36.6 Å². The van der Waals surface area contributed by atoms with Gasteiger partial charge in [-0.25, -0.2) is 0 Å². The molecule has 0 aliphatic rings. The van der Waals surface area contributed by atoms with Gasteiger partial charge in [0.25, 0.3) is 0 Å². The summed E-state index contributed by atoms with van der Waals surface area (Å²) in [5, 5.41) is 24.8. The Morgan fingerprint density at radius 3 is 1.86 bits per heavy atom. The van der Waals surface area contributed by atoms with Crippen LogP contribution in [0.15, 0.2) is 30.3 Å². The quantitative estimate of drug-likeness (QED) is 0.0537. The van der Waals surface area contributed by atoms with Crippen LogP contribution >= 0.6 is 0 Å². The first-order valence-electron chi connectivity index (χ1n) is 18.5. The molecule has 0 aromatic heterocycles. The van der Waals surface area contributed by atoms with Gasteiger partial charge in [0.2, 0.25) is 35.4 Å². The molecule has 312 valence electrons. The molecule has 6 amide bonds. The van der Waals surface area contributed by atoms with E-state index in [1.807, 2.05) is 0 Å². The number of carbonyl (C=O) groups excluding carboxylic acids is 9. The summed E-state index contributed by atoms with van der Waals surface area (Å²) >= 11 is 0. The number of methoxy groups -OCH3 is 1. The van der Waals surface area contributed by atoms with E-state index in [1.54, 1.807) is 65.0 Å². The summed E-state index contributed by atoms with van der Waals surface area (Å²) in [5.41, 5.74) is -3.34. The van der Waals surface area contributed by atoms with Crippen molar-refractivity contribution < 1.29 is 53.0 Å². The lowest BCUT2D eigenvalue weighted by atomic mass is 9.64. The third-order valence-corrected chi connectivity index (χ3v) is 9.40. The van der Waals surface area contributed by atoms with Gasteiger partial charge in [-0.15, -0.1) is 0 Å². The number of benzene rings is 1. The molecule has 56 heavy (non-hydrogen) atoms. The Hall–Kier alpha value is -5.19. The molecule has 0 aliphatic carbocycles. The minimum absolute atomic E-state index is 0.0274. The van der Waals surface area contributed by atoms with E-state index < -0.39 is 101 Å². The summed E-state index contributed by atoms with van der Waals surface area (Å²) in [6.07, 6.45) is -0.840. The number of rotatable bonds is 24. The fraction of sp³-hybridized carbons (Fsp3) is 0.615. The van der Waals surface area contributed by atoms with Crippen molar-refractivity contribution >= 4 is 53.0 Å². The van der Waals surface area contributed by atoms with Crippen molar-refractivity contribution in [2.24, 2.45) is 22.2 Å². The molecule has 0 saturated heterocycles. The summed E-state index contributed by atoms with van der Waals surface area (Å²) in [4.78, 5) is 116. The minimum Gasteiger partial charge on any atom is -0.468 e. The number of ether oxygens (including phenoxy) is 1. The Morgan fingerprint density at radius 1 is 0.714 bits per heavy atom. The topological polar surface area (TPSA) is 255 Å². The summed E-state index contributed by atoms with van der Waals surface area (Å²) in [7, 11) is 1.16. The molecule has 0 saturated carbocycles. The predicted octanol–water partition coefficient (Wildman–Crippen LogP) is -0.128. The fourth-order valence-electron chi connectivity index (χ4n) is 6.12. The second kappa shape index (κ2) is 22.4. The first-order valence-corrected chi connectivity index (χ1v) is 18.5. The van der Waals surface area contributed by atoms with Gasteiger partial charge in [-0.05, 0) is 52.0 Å². The van der Waals surface area contributed by atoms with E-state index in [-0.39, 0.29) is 44.6 Å². The first kappa shape index (κ1) is 48.8. The number of hydrogen-bond donors (Lipinski definition) is 7. The van der Waals surface area contributed by atoms with Crippen molar-refractivity contribution in [2.45, 2.75) is 93.2 Å². The van der Waals surface area contributed by atoms with Gasteiger partial charge < -0.3 is 41.7 Å². The average Bonchev–Trinajstić information content (AvgIpc) is 3.14. The SMILES string of the molecule is CCC(C)(CC(C)(CC(C)(C)C(=O)NCC(=O)C(Cc1ccccc1)C(=O)NC(C)C(=O)NCC(=O)OC)C(=O)NCC(=O)NCC(C)=O)C(=O)NCC(C)O. The average molecular weight is 789 g/mol. The Bertz CT molecular complexity index is 1580. The van der Waals surface area contributed by atoms with Crippen molar-refractivity contribution in [3.63, 3.8) is 0 Å². The highest BCUT2D eigenvalue weighted by Crippen LogP contribution is 2.44.